The number of hydrogen-bond donors (Lipinski definition) is 1. The van der Waals surface area contributed by atoms with Crippen LogP contribution in [-0.2, 0) is 22.5 Å². The van der Waals surface area contributed by atoms with Crippen molar-refractivity contribution >= 4 is 58.0 Å². The Morgan fingerprint density at radius 3 is 2.48 bits per heavy atom. The molecule has 9 nitrogen and oxygen atoms in total. The van der Waals surface area contributed by atoms with Gasteiger partial charge < -0.3 is 19.9 Å². The summed E-state index contributed by atoms with van der Waals surface area (Å²) in [4.78, 5) is 36.9. The van der Waals surface area contributed by atoms with E-state index < -0.39 is 33.4 Å². The molecule has 1 saturated heterocycles. The number of primary amides is 1. The van der Waals surface area contributed by atoms with Gasteiger partial charge in [-0.25, -0.2) is 14.8 Å². The lowest BCUT2D eigenvalue weighted by atomic mass is 9.74. The van der Waals surface area contributed by atoms with Gasteiger partial charge in [-0.05, 0) is 77.6 Å². The van der Waals surface area contributed by atoms with Crippen LogP contribution in [0.5, 0.6) is 0 Å². The topological polar surface area (TPSA) is 134 Å². The molecule has 0 saturated carbocycles. The standard InChI is InChI=1S/C32H35Cl2N5O4S/c1-6-43-30(41)26-29(36-18(2)25(37-26)21-8-7-9-23(33)24(21)34)39-14-12-32(13-15-39)17-20-11-10-19(28(35)40)16-22(20)27(32)38-44(42)31(3,4)5/h7-11,16H,6,12-15,17H2,1-5H3,(H2,35,40)/b38-27+. The Labute approximate surface area is 270 Å². The van der Waals surface area contributed by atoms with Crippen molar-refractivity contribution in [2.45, 2.75) is 58.6 Å². The number of rotatable bonds is 6. The molecule has 232 valence electrons. The quantitative estimate of drug-likeness (QED) is 0.249. The highest BCUT2D eigenvalue weighted by Crippen LogP contribution is 2.47. The minimum Gasteiger partial charge on any atom is -0.591 e. The van der Waals surface area contributed by atoms with E-state index in [9.17, 15) is 14.1 Å². The zero-order valence-electron chi connectivity index (χ0n) is 25.4. The van der Waals surface area contributed by atoms with E-state index in [1.807, 2.05) is 38.7 Å². The highest BCUT2D eigenvalue weighted by Gasteiger charge is 2.48. The van der Waals surface area contributed by atoms with E-state index in [0.29, 0.717) is 70.7 Å². The Balaban J connectivity index is 1.52. The third-order valence-electron chi connectivity index (χ3n) is 8.13. The van der Waals surface area contributed by atoms with Crippen molar-refractivity contribution in [1.82, 2.24) is 9.97 Å². The fourth-order valence-corrected chi connectivity index (χ4v) is 6.89. The first kappa shape index (κ1) is 32.2. The van der Waals surface area contributed by atoms with Gasteiger partial charge in [-0.15, -0.1) is 0 Å². The van der Waals surface area contributed by atoms with Crippen molar-refractivity contribution in [3.63, 3.8) is 0 Å². The van der Waals surface area contributed by atoms with Crippen LogP contribution in [0.1, 0.15) is 78.2 Å². The molecule has 1 aromatic heterocycles. The first-order valence-electron chi connectivity index (χ1n) is 14.4. The van der Waals surface area contributed by atoms with E-state index in [2.05, 4.69) is 0 Å². The van der Waals surface area contributed by atoms with Crippen LogP contribution in [0, 0.1) is 12.3 Å². The zero-order valence-corrected chi connectivity index (χ0v) is 27.7. The van der Waals surface area contributed by atoms with E-state index in [-0.39, 0.29) is 12.3 Å². The molecule has 1 aliphatic heterocycles. The number of piperidine rings is 1. The van der Waals surface area contributed by atoms with E-state index in [1.54, 1.807) is 37.3 Å². The van der Waals surface area contributed by atoms with Crippen molar-refractivity contribution in [2.75, 3.05) is 24.6 Å². The van der Waals surface area contributed by atoms with E-state index >= 15 is 0 Å². The molecule has 1 spiro atoms. The molecule has 2 heterocycles. The first-order valence-corrected chi connectivity index (χ1v) is 16.3. The molecular formula is C32H35Cl2N5O4S. The molecule has 5 rings (SSSR count). The third kappa shape index (κ3) is 6.05. The predicted molar refractivity (Wildman–Crippen MR) is 175 cm³/mol. The van der Waals surface area contributed by atoms with Crippen molar-refractivity contribution in [3.05, 3.63) is 74.5 Å². The summed E-state index contributed by atoms with van der Waals surface area (Å²) in [6.07, 6.45) is 1.99. The Kier molecular flexibility index (Phi) is 9.01. The summed E-state index contributed by atoms with van der Waals surface area (Å²) >= 11 is 11.3. The first-order chi connectivity index (χ1) is 20.8. The summed E-state index contributed by atoms with van der Waals surface area (Å²) in [5.74, 6) is -0.673. The molecule has 2 aliphatic rings. The highest BCUT2D eigenvalue weighted by molar-refractivity contribution is 7.91. The summed E-state index contributed by atoms with van der Waals surface area (Å²) in [6, 6.07) is 10.7. The van der Waals surface area contributed by atoms with Gasteiger partial charge in [0.2, 0.25) is 5.91 Å². The number of fused-ring (bicyclic) bond motifs is 1. The van der Waals surface area contributed by atoms with Crippen molar-refractivity contribution in [3.8, 4) is 11.3 Å². The fraction of sp³-hybridized carbons (Fsp3) is 0.406. The zero-order chi connectivity index (χ0) is 32.0. The lowest BCUT2D eigenvalue weighted by molar-refractivity contribution is 0.0519. The molecule has 1 fully saturated rings. The van der Waals surface area contributed by atoms with Crippen LogP contribution in [0.4, 0.5) is 5.82 Å². The molecule has 1 atom stereocenters. The fourth-order valence-electron chi connectivity index (χ4n) is 5.77. The number of amides is 1. The Morgan fingerprint density at radius 1 is 1.14 bits per heavy atom. The van der Waals surface area contributed by atoms with E-state index in [1.165, 1.54) is 0 Å². The number of hydrogen-bond acceptors (Lipinski definition) is 8. The van der Waals surface area contributed by atoms with Gasteiger partial charge in [-0.3, -0.25) is 4.79 Å². The number of nitrogens with zero attached hydrogens (tertiary/aromatic N) is 4. The average molecular weight is 657 g/mol. The molecule has 3 aromatic rings. The van der Waals surface area contributed by atoms with Gasteiger partial charge >= 0.3 is 5.97 Å². The van der Waals surface area contributed by atoms with E-state index in [4.69, 9.17) is 48.0 Å². The molecule has 44 heavy (non-hydrogen) atoms. The number of aryl methyl sites for hydroxylation is 1. The van der Waals surface area contributed by atoms with Crippen molar-refractivity contribution in [2.24, 2.45) is 15.5 Å². The summed E-state index contributed by atoms with van der Waals surface area (Å²) in [5, 5.41) is 0.701. The van der Waals surface area contributed by atoms with Crippen molar-refractivity contribution in [1.29, 1.82) is 0 Å². The Morgan fingerprint density at radius 2 is 1.84 bits per heavy atom. The number of nitrogens with two attached hydrogens (primary N) is 1. The van der Waals surface area contributed by atoms with Gasteiger partial charge in [0, 0.05) is 35.2 Å². The SMILES string of the molecule is CCOC(=O)c1nc(-c2cccc(Cl)c2Cl)c(C)nc1N1CCC2(CC1)Cc1ccc(C(N)=O)cc1/C2=N\[S+]([O-])C(C)(C)C. The van der Waals surface area contributed by atoms with Gasteiger partial charge in [0.25, 0.3) is 0 Å². The molecule has 2 N–H and O–H groups in total. The lowest BCUT2D eigenvalue weighted by Crippen LogP contribution is -2.45. The molecule has 1 aliphatic carbocycles. The number of esters is 1. The number of halogens is 2. The van der Waals surface area contributed by atoms with Gasteiger partial charge in [0.15, 0.2) is 11.5 Å². The molecule has 1 unspecified atom stereocenters. The Bertz CT molecular complexity index is 1670. The maximum atomic E-state index is 13.3. The largest absolute Gasteiger partial charge is 0.591 e. The second-order valence-electron chi connectivity index (χ2n) is 12.1. The number of ether oxygens (including phenoxy) is 1. The van der Waals surface area contributed by atoms with Gasteiger partial charge in [0.1, 0.15) is 21.8 Å². The van der Waals surface area contributed by atoms with Crippen LogP contribution >= 0.6 is 23.2 Å². The predicted octanol–water partition coefficient (Wildman–Crippen LogP) is 6.13. The summed E-state index contributed by atoms with van der Waals surface area (Å²) in [6.45, 7) is 10.5. The van der Waals surface area contributed by atoms with Gasteiger partial charge in [-0.1, -0.05) is 45.8 Å². The smallest absolute Gasteiger partial charge is 0.360 e. The third-order valence-corrected chi connectivity index (χ3v) is 10.3. The van der Waals surface area contributed by atoms with Crippen LogP contribution in [0.15, 0.2) is 40.8 Å². The second-order valence-corrected chi connectivity index (χ2v) is 14.8. The van der Waals surface area contributed by atoms with Gasteiger partial charge in [0.05, 0.1) is 28.0 Å². The highest BCUT2D eigenvalue weighted by atomic mass is 35.5. The molecule has 2 aromatic carbocycles. The van der Waals surface area contributed by atoms with Crippen LogP contribution in [0.25, 0.3) is 11.3 Å². The number of benzene rings is 2. The second kappa shape index (κ2) is 12.3. The average Bonchev–Trinajstić information content (AvgIpc) is 3.26. The Hall–Kier alpha value is -3.18. The van der Waals surface area contributed by atoms with Gasteiger partial charge in [-0.2, -0.15) is 0 Å². The summed E-state index contributed by atoms with van der Waals surface area (Å²) in [7, 11) is 0. The lowest BCUT2D eigenvalue weighted by Gasteiger charge is -2.40. The molecule has 1 amide bonds. The van der Waals surface area contributed by atoms with Crippen LogP contribution in [-0.4, -0.2) is 56.6 Å². The minimum atomic E-state index is -1.51. The van der Waals surface area contributed by atoms with Crippen LogP contribution < -0.4 is 10.6 Å². The monoisotopic (exact) mass is 655 g/mol. The maximum absolute atomic E-state index is 13.3. The molecule has 0 bridgehead atoms. The molecule has 0 radical (unpaired) electrons. The molecular weight excluding hydrogens is 621 g/mol. The molecule has 12 heteroatoms. The van der Waals surface area contributed by atoms with Crippen molar-refractivity contribution < 1.29 is 18.9 Å². The summed E-state index contributed by atoms with van der Waals surface area (Å²) in [5.41, 5.74) is 9.90. The summed E-state index contributed by atoms with van der Waals surface area (Å²) < 4.78 is 22.9. The number of carbonyl (C=O) groups excluding carboxylic acids is 2. The number of anilines is 1. The van der Waals surface area contributed by atoms with Crippen LogP contribution in [0.3, 0.4) is 0 Å². The minimum absolute atomic E-state index is 0.1000. The maximum Gasteiger partial charge on any atom is 0.360 e. The van der Waals surface area contributed by atoms with E-state index in [0.717, 1.165) is 16.8 Å². The number of carbonyl (C=O) groups is 2. The normalized spacial score (nSPS) is 17.5. The number of aromatic nitrogens is 2. The van der Waals surface area contributed by atoms with Crippen LogP contribution in [0.2, 0.25) is 10.0 Å².